The summed E-state index contributed by atoms with van der Waals surface area (Å²) in [4.78, 5) is 35.6. The van der Waals surface area contributed by atoms with Crippen molar-refractivity contribution in [1.29, 1.82) is 0 Å². The van der Waals surface area contributed by atoms with Crippen LogP contribution in [0.25, 0.3) is 0 Å². The normalized spacial score (nSPS) is 10.9. The Labute approximate surface area is 165 Å². The maximum absolute atomic E-state index is 12.3. The molecule has 0 aliphatic rings. The van der Waals surface area contributed by atoms with E-state index < -0.39 is 24.6 Å². The number of hydrogen-bond donors (Lipinski definition) is 2. The molecule has 0 fully saturated rings. The smallest absolute Gasteiger partial charge is 0.405 e. The molecule has 0 aromatic heterocycles. The summed E-state index contributed by atoms with van der Waals surface area (Å²) < 4.78 is 41.3. The van der Waals surface area contributed by atoms with Gasteiger partial charge in [0, 0.05) is 11.3 Å². The third-order valence-electron chi connectivity index (χ3n) is 3.96. The first kappa shape index (κ1) is 21.9. The van der Waals surface area contributed by atoms with Crippen molar-refractivity contribution in [3.05, 3.63) is 64.7 Å². The summed E-state index contributed by atoms with van der Waals surface area (Å²) in [7, 11) is 1.27. The molecule has 2 aromatic carbocycles. The van der Waals surface area contributed by atoms with Gasteiger partial charge in [-0.2, -0.15) is 13.2 Å². The van der Waals surface area contributed by atoms with Crippen LogP contribution in [0.1, 0.15) is 31.8 Å². The summed E-state index contributed by atoms with van der Waals surface area (Å²) in [5, 5.41) is 4.43. The van der Waals surface area contributed by atoms with Crippen LogP contribution in [0.5, 0.6) is 0 Å². The van der Waals surface area contributed by atoms with Crippen LogP contribution >= 0.6 is 0 Å². The number of carbonyl (C=O) groups excluding carboxylic acids is 3. The Morgan fingerprint density at radius 2 is 1.62 bits per heavy atom. The van der Waals surface area contributed by atoms with E-state index in [9.17, 15) is 27.6 Å². The number of anilines is 1. The lowest BCUT2D eigenvalue weighted by molar-refractivity contribution is -0.123. The first-order valence-corrected chi connectivity index (χ1v) is 8.52. The summed E-state index contributed by atoms with van der Waals surface area (Å²) in [5.74, 6) is -1.76. The van der Waals surface area contributed by atoms with E-state index in [4.69, 9.17) is 0 Å². The largest absolute Gasteiger partial charge is 0.465 e. The summed E-state index contributed by atoms with van der Waals surface area (Å²) >= 11 is 0. The zero-order valence-corrected chi connectivity index (χ0v) is 15.7. The highest BCUT2D eigenvalue weighted by Crippen LogP contribution is 2.18. The van der Waals surface area contributed by atoms with Gasteiger partial charge in [-0.3, -0.25) is 9.59 Å². The third-order valence-corrected chi connectivity index (χ3v) is 3.96. The van der Waals surface area contributed by atoms with Crippen LogP contribution in [0.15, 0.2) is 42.5 Å². The molecule has 9 heteroatoms. The molecule has 0 unspecified atom stereocenters. The number of carbonyl (C=O) groups is 3. The average molecular weight is 408 g/mol. The average Bonchev–Trinajstić information content (AvgIpc) is 2.67. The lowest BCUT2D eigenvalue weighted by atomic mass is 10.1. The zero-order valence-electron chi connectivity index (χ0n) is 15.7. The van der Waals surface area contributed by atoms with Crippen LogP contribution < -0.4 is 10.6 Å². The van der Waals surface area contributed by atoms with Crippen LogP contribution in [0.4, 0.5) is 18.9 Å². The predicted molar refractivity (Wildman–Crippen MR) is 99.7 cm³/mol. The zero-order chi connectivity index (χ0) is 21.6. The summed E-state index contributed by atoms with van der Waals surface area (Å²) in [5.41, 5.74) is 1.96. The third kappa shape index (κ3) is 6.63. The molecule has 0 atom stereocenters. The van der Waals surface area contributed by atoms with Gasteiger partial charge in [0.1, 0.15) is 6.54 Å². The number of amides is 2. The number of alkyl halides is 3. The molecular formula is C20H19F3N2O4. The molecule has 0 spiro atoms. The van der Waals surface area contributed by atoms with Crippen molar-refractivity contribution in [2.45, 2.75) is 19.5 Å². The number of methoxy groups -OCH3 is 1. The fourth-order valence-corrected chi connectivity index (χ4v) is 2.44. The SMILES string of the molecule is COC(=O)c1ccc(CC(=O)Nc2cc(C(=O)NCC(F)(F)F)ccc2C)cc1. The maximum atomic E-state index is 12.3. The molecule has 2 amide bonds. The standard InChI is InChI=1S/C20H19F3N2O4/c1-12-3-6-15(18(27)24-11-20(21,22)23)10-16(12)25-17(26)9-13-4-7-14(8-5-13)19(28)29-2/h3-8,10H,9,11H2,1-2H3,(H,24,27)(H,25,26). The van der Waals surface area contributed by atoms with Gasteiger partial charge in [0.05, 0.1) is 19.1 Å². The molecule has 0 radical (unpaired) electrons. The van der Waals surface area contributed by atoms with E-state index in [1.807, 2.05) is 0 Å². The highest BCUT2D eigenvalue weighted by atomic mass is 19.4. The van der Waals surface area contributed by atoms with Gasteiger partial charge in [-0.15, -0.1) is 0 Å². The molecule has 0 bridgehead atoms. The molecule has 0 saturated heterocycles. The van der Waals surface area contributed by atoms with Crippen molar-refractivity contribution >= 4 is 23.5 Å². The molecule has 2 rings (SSSR count). The van der Waals surface area contributed by atoms with Gasteiger partial charge in [-0.05, 0) is 42.3 Å². The van der Waals surface area contributed by atoms with Crippen molar-refractivity contribution < 1.29 is 32.3 Å². The Hall–Kier alpha value is -3.36. The minimum atomic E-state index is -4.51. The molecule has 154 valence electrons. The van der Waals surface area contributed by atoms with Crippen molar-refractivity contribution in [1.82, 2.24) is 5.32 Å². The van der Waals surface area contributed by atoms with Crippen LogP contribution in [0.2, 0.25) is 0 Å². The van der Waals surface area contributed by atoms with Crippen molar-refractivity contribution in [2.75, 3.05) is 19.0 Å². The monoisotopic (exact) mass is 408 g/mol. The fourth-order valence-electron chi connectivity index (χ4n) is 2.44. The topological polar surface area (TPSA) is 84.5 Å². The van der Waals surface area contributed by atoms with E-state index in [0.29, 0.717) is 22.4 Å². The van der Waals surface area contributed by atoms with Gasteiger partial charge in [-0.25, -0.2) is 4.79 Å². The number of hydrogen-bond acceptors (Lipinski definition) is 4. The Morgan fingerprint density at radius 3 is 2.21 bits per heavy atom. The number of aryl methyl sites for hydroxylation is 1. The molecule has 2 N–H and O–H groups in total. The van der Waals surface area contributed by atoms with E-state index in [-0.39, 0.29) is 17.9 Å². The highest BCUT2D eigenvalue weighted by Gasteiger charge is 2.28. The number of nitrogens with one attached hydrogen (secondary N) is 2. The minimum Gasteiger partial charge on any atom is -0.465 e. The molecule has 0 heterocycles. The second-order valence-electron chi connectivity index (χ2n) is 6.24. The van der Waals surface area contributed by atoms with Crippen molar-refractivity contribution in [2.24, 2.45) is 0 Å². The van der Waals surface area contributed by atoms with Crippen LogP contribution in [-0.2, 0) is 16.0 Å². The fraction of sp³-hybridized carbons (Fsp3) is 0.250. The Kier molecular flexibility index (Phi) is 6.98. The van der Waals surface area contributed by atoms with Gasteiger partial charge in [0.15, 0.2) is 0 Å². The number of rotatable bonds is 6. The Bertz CT molecular complexity index is 909. The second kappa shape index (κ2) is 9.22. The molecule has 2 aromatic rings. The first-order valence-electron chi connectivity index (χ1n) is 8.52. The van der Waals surface area contributed by atoms with Crippen LogP contribution in [0, 0.1) is 6.92 Å². The van der Waals surface area contributed by atoms with Gasteiger partial charge in [-0.1, -0.05) is 18.2 Å². The molecule has 0 saturated carbocycles. The number of halogens is 3. The summed E-state index contributed by atoms with van der Waals surface area (Å²) in [6.45, 7) is 0.251. The van der Waals surface area contributed by atoms with E-state index in [2.05, 4.69) is 10.1 Å². The van der Waals surface area contributed by atoms with Crippen LogP contribution in [0.3, 0.4) is 0 Å². The molecule has 6 nitrogen and oxygen atoms in total. The highest BCUT2D eigenvalue weighted by molar-refractivity contribution is 5.98. The molecule has 29 heavy (non-hydrogen) atoms. The Balaban J connectivity index is 2.04. The van der Waals surface area contributed by atoms with E-state index in [0.717, 1.165) is 0 Å². The lowest BCUT2D eigenvalue weighted by Gasteiger charge is -2.12. The van der Waals surface area contributed by atoms with Gasteiger partial charge in [0.25, 0.3) is 5.91 Å². The maximum Gasteiger partial charge on any atom is 0.405 e. The van der Waals surface area contributed by atoms with E-state index in [1.165, 1.54) is 37.4 Å². The van der Waals surface area contributed by atoms with Gasteiger partial charge >= 0.3 is 12.1 Å². The van der Waals surface area contributed by atoms with Crippen molar-refractivity contribution in [3.8, 4) is 0 Å². The predicted octanol–water partition coefficient (Wildman–Crippen LogP) is 3.25. The Morgan fingerprint density at radius 1 is 1.00 bits per heavy atom. The van der Waals surface area contributed by atoms with Gasteiger partial charge < -0.3 is 15.4 Å². The van der Waals surface area contributed by atoms with Crippen molar-refractivity contribution in [3.63, 3.8) is 0 Å². The summed E-state index contributed by atoms with van der Waals surface area (Å²) in [6, 6.07) is 10.5. The first-order chi connectivity index (χ1) is 13.6. The molecular weight excluding hydrogens is 389 g/mol. The van der Waals surface area contributed by atoms with E-state index in [1.54, 1.807) is 24.4 Å². The number of esters is 1. The minimum absolute atomic E-state index is 0.00224. The van der Waals surface area contributed by atoms with Crippen LogP contribution in [-0.4, -0.2) is 37.6 Å². The molecule has 0 aliphatic heterocycles. The number of benzene rings is 2. The summed E-state index contributed by atoms with van der Waals surface area (Å²) in [6.07, 6.45) is -4.51. The van der Waals surface area contributed by atoms with E-state index >= 15 is 0 Å². The second-order valence-corrected chi connectivity index (χ2v) is 6.24. The number of ether oxygens (including phenoxy) is 1. The van der Waals surface area contributed by atoms with Gasteiger partial charge in [0.2, 0.25) is 5.91 Å². The molecule has 0 aliphatic carbocycles. The lowest BCUT2D eigenvalue weighted by Crippen LogP contribution is -2.33. The quantitative estimate of drug-likeness (QED) is 0.719.